The van der Waals surface area contributed by atoms with Gasteiger partial charge in [-0.25, -0.2) is 0 Å². The molecule has 0 aliphatic heterocycles. The lowest BCUT2D eigenvalue weighted by atomic mass is 9.94. The van der Waals surface area contributed by atoms with Crippen LogP contribution in [0.3, 0.4) is 0 Å². The molecule has 0 fully saturated rings. The monoisotopic (exact) mass is 307 g/mol. The molecule has 0 bridgehead atoms. The molecule has 2 rings (SSSR count). The van der Waals surface area contributed by atoms with Crippen LogP contribution in [-0.4, -0.2) is 11.3 Å². The molecular weight excluding hydrogens is 278 g/mol. The molecule has 0 amide bonds. The van der Waals surface area contributed by atoms with E-state index >= 15 is 0 Å². The summed E-state index contributed by atoms with van der Waals surface area (Å²) < 4.78 is 0. The van der Waals surface area contributed by atoms with E-state index in [2.05, 4.69) is 69.0 Å². The molecule has 23 heavy (non-hydrogen) atoms. The van der Waals surface area contributed by atoms with E-state index in [1.807, 2.05) is 32.1 Å². The van der Waals surface area contributed by atoms with E-state index in [4.69, 9.17) is 4.99 Å². The van der Waals surface area contributed by atoms with Crippen molar-refractivity contribution in [2.45, 2.75) is 46.1 Å². The Morgan fingerprint density at radius 3 is 1.74 bits per heavy atom. The lowest BCUT2D eigenvalue weighted by molar-refractivity contribution is 0.530. The van der Waals surface area contributed by atoms with Crippen molar-refractivity contribution in [3.8, 4) is 0 Å². The fraction of sp³-hybridized carbons (Fsp3) is 0.318. The molecule has 2 aromatic rings. The summed E-state index contributed by atoms with van der Waals surface area (Å²) in [6.45, 7) is 12.3. The Balaban J connectivity index is 0.00000127. The van der Waals surface area contributed by atoms with Gasteiger partial charge in [0.1, 0.15) is 0 Å². The van der Waals surface area contributed by atoms with Crippen LogP contribution in [0.1, 0.15) is 51.7 Å². The van der Waals surface area contributed by atoms with Crippen LogP contribution in [0.5, 0.6) is 0 Å². The Morgan fingerprint density at radius 2 is 1.39 bits per heavy atom. The zero-order valence-corrected chi connectivity index (χ0v) is 14.9. The SMILES string of the molecule is C=CC(C)(CCC)N=C(c1ccccc1)c1ccccc1.CC. The molecule has 0 N–H and O–H groups in total. The molecule has 0 aliphatic rings. The van der Waals surface area contributed by atoms with Gasteiger partial charge in [-0.2, -0.15) is 0 Å². The topological polar surface area (TPSA) is 12.4 Å². The summed E-state index contributed by atoms with van der Waals surface area (Å²) in [7, 11) is 0. The largest absolute Gasteiger partial charge is 0.274 e. The first kappa shape index (κ1) is 18.9. The van der Waals surface area contributed by atoms with Crippen LogP contribution in [0, 0.1) is 0 Å². The first-order valence-corrected chi connectivity index (χ1v) is 8.53. The van der Waals surface area contributed by atoms with Crippen molar-refractivity contribution in [2.24, 2.45) is 4.99 Å². The van der Waals surface area contributed by atoms with Gasteiger partial charge in [0, 0.05) is 11.1 Å². The molecule has 1 heteroatoms. The molecule has 122 valence electrons. The van der Waals surface area contributed by atoms with Gasteiger partial charge in [0.15, 0.2) is 0 Å². The Bertz CT molecular complexity index is 557. The lowest BCUT2D eigenvalue weighted by Gasteiger charge is -2.22. The molecule has 0 saturated carbocycles. The van der Waals surface area contributed by atoms with Crippen molar-refractivity contribution in [3.63, 3.8) is 0 Å². The highest BCUT2D eigenvalue weighted by molar-refractivity contribution is 6.13. The second-order valence-corrected chi connectivity index (χ2v) is 5.50. The fourth-order valence-corrected chi connectivity index (χ4v) is 2.45. The number of nitrogens with zero attached hydrogens (tertiary/aromatic N) is 1. The molecule has 0 aromatic heterocycles. The average Bonchev–Trinajstić information content (AvgIpc) is 2.63. The standard InChI is InChI=1S/C20H23N.C2H6/c1-4-16-20(3,5-2)21-19(17-12-8-6-9-13-17)18-14-10-7-11-15-18;1-2/h5-15H,2,4,16H2,1,3H3;1-2H3. The lowest BCUT2D eigenvalue weighted by Crippen LogP contribution is -2.21. The van der Waals surface area contributed by atoms with E-state index in [1.165, 1.54) is 0 Å². The van der Waals surface area contributed by atoms with Crippen molar-refractivity contribution in [2.75, 3.05) is 0 Å². The average molecular weight is 307 g/mol. The maximum atomic E-state index is 5.06. The molecule has 0 radical (unpaired) electrons. The summed E-state index contributed by atoms with van der Waals surface area (Å²) in [6, 6.07) is 20.7. The molecule has 0 spiro atoms. The van der Waals surface area contributed by atoms with E-state index in [-0.39, 0.29) is 5.54 Å². The summed E-state index contributed by atoms with van der Waals surface area (Å²) in [5.74, 6) is 0. The third kappa shape index (κ3) is 5.52. The van der Waals surface area contributed by atoms with Gasteiger partial charge in [-0.1, -0.05) is 93.9 Å². The van der Waals surface area contributed by atoms with Gasteiger partial charge in [-0.05, 0) is 13.3 Å². The third-order valence-electron chi connectivity index (χ3n) is 3.66. The maximum absolute atomic E-state index is 5.06. The third-order valence-corrected chi connectivity index (χ3v) is 3.66. The minimum atomic E-state index is -0.226. The van der Waals surface area contributed by atoms with Gasteiger partial charge in [0.25, 0.3) is 0 Å². The second kappa shape index (κ2) is 9.78. The highest BCUT2D eigenvalue weighted by atomic mass is 14.9. The van der Waals surface area contributed by atoms with E-state index in [1.54, 1.807) is 0 Å². The van der Waals surface area contributed by atoms with Crippen LogP contribution in [0.2, 0.25) is 0 Å². The number of benzene rings is 2. The van der Waals surface area contributed by atoms with Crippen LogP contribution < -0.4 is 0 Å². The van der Waals surface area contributed by atoms with Crippen molar-refractivity contribution in [1.29, 1.82) is 0 Å². The van der Waals surface area contributed by atoms with E-state index < -0.39 is 0 Å². The van der Waals surface area contributed by atoms with Gasteiger partial charge < -0.3 is 0 Å². The van der Waals surface area contributed by atoms with Crippen LogP contribution in [0.25, 0.3) is 0 Å². The van der Waals surface area contributed by atoms with Crippen molar-refractivity contribution in [1.82, 2.24) is 0 Å². The number of aliphatic imine (C=N–C) groups is 1. The van der Waals surface area contributed by atoms with E-state index in [9.17, 15) is 0 Å². The summed E-state index contributed by atoms with van der Waals surface area (Å²) >= 11 is 0. The molecule has 0 saturated heterocycles. The van der Waals surface area contributed by atoms with Gasteiger partial charge in [0.2, 0.25) is 0 Å². The summed E-state index contributed by atoms with van der Waals surface area (Å²) in [5, 5.41) is 0. The van der Waals surface area contributed by atoms with Crippen LogP contribution >= 0.6 is 0 Å². The second-order valence-electron chi connectivity index (χ2n) is 5.50. The molecule has 1 nitrogen and oxygen atoms in total. The zero-order valence-electron chi connectivity index (χ0n) is 14.9. The summed E-state index contributed by atoms with van der Waals surface area (Å²) in [5.41, 5.74) is 3.10. The van der Waals surface area contributed by atoms with E-state index in [0.29, 0.717) is 0 Å². The number of hydrogen-bond donors (Lipinski definition) is 0. The maximum Gasteiger partial charge on any atom is 0.0764 e. The zero-order chi connectivity index (χ0) is 17.1. The molecule has 0 heterocycles. The van der Waals surface area contributed by atoms with Gasteiger partial charge in [0.05, 0.1) is 11.3 Å². The van der Waals surface area contributed by atoms with Gasteiger partial charge in [-0.15, -0.1) is 6.58 Å². The van der Waals surface area contributed by atoms with E-state index in [0.717, 1.165) is 29.7 Å². The summed E-state index contributed by atoms with van der Waals surface area (Å²) in [6.07, 6.45) is 4.05. The van der Waals surface area contributed by atoms with Gasteiger partial charge >= 0.3 is 0 Å². The summed E-state index contributed by atoms with van der Waals surface area (Å²) in [4.78, 5) is 5.06. The van der Waals surface area contributed by atoms with Crippen molar-refractivity contribution in [3.05, 3.63) is 84.4 Å². The van der Waals surface area contributed by atoms with Crippen LogP contribution in [0.4, 0.5) is 0 Å². The Hall–Kier alpha value is -2.15. The Kier molecular flexibility index (Phi) is 8.04. The first-order valence-electron chi connectivity index (χ1n) is 8.53. The molecule has 1 unspecified atom stereocenters. The molecule has 1 atom stereocenters. The van der Waals surface area contributed by atoms with Crippen LogP contribution in [0.15, 0.2) is 78.3 Å². The molecular formula is C22H29N. The normalized spacial score (nSPS) is 12.3. The smallest absolute Gasteiger partial charge is 0.0764 e. The highest BCUT2D eigenvalue weighted by Gasteiger charge is 2.19. The first-order chi connectivity index (χ1) is 11.2. The number of hydrogen-bond acceptors (Lipinski definition) is 1. The highest BCUT2D eigenvalue weighted by Crippen LogP contribution is 2.22. The fourth-order valence-electron chi connectivity index (χ4n) is 2.45. The Morgan fingerprint density at radius 1 is 0.957 bits per heavy atom. The quantitative estimate of drug-likeness (QED) is 0.439. The predicted octanol–water partition coefficient (Wildman–Crippen LogP) is 6.30. The van der Waals surface area contributed by atoms with Crippen LogP contribution in [-0.2, 0) is 0 Å². The number of rotatable bonds is 6. The predicted molar refractivity (Wildman–Crippen MR) is 103 cm³/mol. The van der Waals surface area contributed by atoms with Crippen molar-refractivity contribution < 1.29 is 0 Å². The molecule has 0 aliphatic carbocycles. The minimum absolute atomic E-state index is 0.226. The minimum Gasteiger partial charge on any atom is -0.274 e. The Labute approximate surface area is 141 Å². The van der Waals surface area contributed by atoms with Crippen molar-refractivity contribution >= 4 is 5.71 Å². The van der Waals surface area contributed by atoms with Gasteiger partial charge in [-0.3, -0.25) is 4.99 Å². The molecule has 2 aromatic carbocycles.